The van der Waals surface area contributed by atoms with Gasteiger partial charge in [0.25, 0.3) is 11.8 Å². The van der Waals surface area contributed by atoms with E-state index in [-0.39, 0.29) is 6.61 Å². The van der Waals surface area contributed by atoms with Crippen molar-refractivity contribution in [1.82, 2.24) is 4.90 Å². The monoisotopic (exact) mass is 412 g/mol. The molecule has 29 heavy (non-hydrogen) atoms. The summed E-state index contributed by atoms with van der Waals surface area (Å²) in [5.74, 6) is -1.97. The lowest BCUT2D eigenvalue weighted by atomic mass is 10.1. The summed E-state index contributed by atoms with van der Waals surface area (Å²) in [5.41, 5.74) is 1.91. The van der Waals surface area contributed by atoms with Crippen molar-refractivity contribution in [3.8, 4) is 0 Å². The number of nitrogens with one attached hydrogen (secondary N) is 1. The van der Waals surface area contributed by atoms with Crippen molar-refractivity contribution in [3.05, 3.63) is 51.4 Å². The molecule has 4 rings (SSSR count). The van der Waals surface area contributed by atoms with Crippen molar-refractivity contribution in [2.45, 2.75) is 39.2 Å². The average Bonchev–Trinajstić information content (AvgIpc) is 3.34. The number of imide groups is 1. The second-order valence-corrected chi connectivity index (χ2v) is 8.08. The van der Waals surface area contributed by atoms with Crippen LogP contribution < -0.4 is 5.32 Å². The normalized spacial score (nSPS) is 15.9. The summed E-state index contributed by atoms with van der Waals surface area (Å²) in [6.45, 7) is 3.47. The van der Waals surface area contributed by atoms with Gasteiger partial charge in [-0.15, -0.1) is 11.3 Å². The molecule has 0 radical (unpaired) electrons. The van der Waals surface area contributed by atoms with Crippen LogP contribution in [0.2, 0.25) is 0 Å². The Morgan fingerprint density at radius 3 is 2.45 bits per heavy atom. The van der Waals surface area contributed by atoms with Crippen molar-refractivity contribution in [2.24, 2.45) is 0 Å². The van der Waals surface area contributed by atoms with Crippen LogP contribution in [0.15, 0.2) is 24.3 Å². The van der Waals surface area contributed by atoms with Gasteiger partial charge in [-0.2, -0.15) is 0 Å². The first-order chi connectivity index (χ1) is 13.9. The number of rotatable bonds is 5. The highest BCUT2D eigenvalue weighted by molar-refractivity contribution is 7.17. The highest BCUT2D eigenvalue weighted by Crippen LogP contribution is 2.39. The molecular formula is C21H20N2O5S. The van der Waals surface area contributed by atoms with Gasteiger partial charge in [-0.3, -0.25) is 19.3 Å². The number of nitrogens with zero attached hydrogens (tertiary/aromatic N) is 1. The number of ether oxygens (including phenoxy) is 1. The van der Waals surface area contributed by atoms with E-state index >= 15 is 0 Å². The number of thiophene rings is 1. The topological polar surface area (TPSA) is 92.8 Å². The molecule has 150 valence electrons. The van der Waals surface area contributed by atoms with Crippen LogP contribution in [0.1, 0.15) is 61.8 Å². The molecular weight excluding hydrogens is 392 g/mol. The maximum atomic E-state index is 12.9. The molecule has 1 aromatic heterocycles. The van der Waals surface area contributed by atoms with Crippen molar-refractivity contribution >= 4 is 40.0 Å². The number of esters is 1. The molecule has 1 aliphatic carbocycles. The van der Waals surface area contributed by atoms with E-state index in [1.807, 2.05) is 0 Å². The quantitative estimate of drug-likeness (QED) is 0.602. The summed E-state index contributed by atoms with van der Waals surface area (Å²) >= 11 is 1.36. The van der Waals surface area contributed by atoms with Gasteiger partial charge in [0.15, 0.2) is 0 Å². The molecule has 0 unspecified atom stereocenters. The Bertz CT molecular complexity index is 1010. The highest BCUT2D eigenvalue weighted by atomic mass is 32.1. The summed E-state index contributed by atoms with van der Waals surface area (Å²) in [6.07, 6.45) is 2.59. The minimum absolute atomic E-state index is 0.238. The minimum Gasteiger partial charge on any atom is -0.462 e. The Kier molecular flexibility index (Phi) is 4.96. The molecule has 0 fully saturated rings. The van der Waals surface area contributed by atoms with Crippen molar-refractivity contribution in [1.29, 1.82) is 0 Å². The smallest absolute Gasteiger partial charge is 0.341 e. The number of anilines is 1. The molecule has 8 heteroatoms. The van der Waals surface area contributed by atoms with Crippen LogP contribution in [-0.4, -0.2) is 41.2 Å². The maximum absolute atomic E-state index is 12.9. The van der Waals surface area contributed by atoms with Gasteiger partial charge in [0, 0.05) is 4.88 Å². The Morgan fingerprint density at radius 2 is 1.83 bits per heavy atom. The number of fused-ring (bicyclic) bond motifs is 2. The molecule has 2 heterocycles. The van der Waals surface area contributed by atoms with Gasteiger partial charge in [-0.05, 0) is 50.8 Å². The van der Waals surface area contributed by atoms with Crippen LogP contribution in [0.5, 0.6) is 0 Å². The Hall–Kier alpha value is -3.00. The second-order valence-electron chi connectivity index (χ2n) is 6.97. The summed E-state index contributed by atoms with van der Waals surface area (Å²) in [6, 6.07) is 5.48. The molecule has 1 N–H and O–H groups in total. The van der Waals surface area contributed by atoms with E-state index in [1.165, 1.54) is 18.3 Å². The van der Waals surface area contributed by atoms with E-state index in [0.29, 0.717) is 21.7 Å². The number of hydrogen-bond donors (Lipinski definition) is 1. The van der Waals surface area contributed by atoms with E-state index in [9.17, 15) is 19.2 Å². The van der Waals surface area contributed by atoms with Crippen molar-refractivity contribution < 1.29 is 23.9 Å². The van der Waals surface area contributed by atoms with Gasteiger partial charge in [0.1, 0.15) is 11.0 Å². The molecule has 1 aliphatic heterocycles. The summed E-state index contributed by atoms with van der Waals surface area (Å²) in [4.78, 5) is 52.7. The zero-order valence-corrected chi connectivity index (χ0v) is 16.9. The lowest BCUT2D eigenvalue weighted by Gasteiger charge is -2.21. The molecule has 2 aromatic rings. The number of amides is 3. The number of aryl methyl sites for hydroxylation is 1. The van der Waals surface area contributed by atoms with Crippen LogP contribution in [0.25, 0.3) is 0 Å². The van der Waals surface area contributed by atoms with E-state index in [0.717, 1.165) is 34.6 Å². The Balaban J connectivity index is 1.59. The molecule has 0 saturated heterocycles. The van der Waals surface area contributed by atoms with Crippen molar-refractivity contribution in [3.63, 3.8) is 0 Å². The van der Waals surface area contributed by atoms with E-state index in [2.05, 4.69) is 5.32 Å². The molecule has 1 aromatic carbocycles. The highest BCUT2D eigenvalue weighted by Gasteiger charge is 2.41. The summed E-state index contributed by atoms with van der Waals surface area (Å²) in [5, 5.41) is 3.17. The van der Waals surface area contributed by atoms with Crippen LogP contribution >= 0.6 is 11.3 Å². The predicted molar refractivity (Wildman–Crippen MR) is 107 cm³/mol. The molecule has 3 amide bonds. The van der Waals surface area contributed by atoms with Gasteiger partial charge in [-0.25, -0.2) is 4.79 Å². The lowest BCUT2D eigenvalue weighted by Crippen LogP contribution is -2.45. The molecule has 0 bridgehead atoms. The number of hydrogen-bond acceptors (Lipinski definition) is 6. The summed E-state index contributed by atoms with van der Waals surface area (Å²) < 4.78 is 5.17. The predicted octanol–water partition coefficient (Wildman–Crippen LogP) is 3.04. The molecule has 7 nitrogen and oxygen atoms in total. The van der Waals surface area contributed by atoms with Gasteiger partial charge in [0.2, 0.25) is 5.91 Å². The first-order valence-corrected chi connectivity index (χ1v) is 10.3. The zero-order chi connectivity index (χ0) is 20.7. The summed E-state index contributed by atoms with van der Waals surface area (Å²) in [7, 11) is 0. The van der Waals surface area contributed by atoms with E-state index < -0.39 is 29.7 Å². The van der Waals surface area contributed by atoms with E-state index in [1.54, 1.807) is 31.2 Å². The second kappa shape index (κ2) is 7.44. The van der Waals surface area contributed by atoms with Gasteiger partial charge < -0.3 is 10.1 Å². The fourth-order valence-corrected chi connectivity index (χ4v) is 5.09. The fraction of sp³-hybridized carbons (Fsp3) is 0.333. The number of benzene rings is 1. The molecule has 0 spiro atoms. The lowest BCUT2D eigenvalue weighted by molar-refractivity contribution is -0.119. The van der Waals surface area contributed by atoms with Crippen molar-refractivity contribution in [2.75, 3.05) is 11.9 Å². The minimum atomic E-state index is -1.02. The fourth-order valence-electron chi connectivity index (χ4n) is 3.80. The van der Waals surface area contributed by atoms with Gasteiger partial charge in [0.05, 0.1) is 23.3 Å². The number of carbonyl (C=O) groups is 4. The SMILES string of the molecule is CCOC(=O)c1c(NC(=O)[C@H](C)N2C(=O)c3ccccc3C2=O)sc2c1CCC2. The molecule has 1 atom stereocenters. The zero-order valence-electron chi connectivity index (χ0n) is 16.1. The van der Waals surface area contributed by atoms with E-state index in [4.69, 9.17) is 4.74 Å². The van der Waals surface area contributed by atoms with Crippen LogP contribution in [0.4, 0.5) is 5.00 Å². The Morgan fingerprint density at radius 1 is 1.17 bits per heavy atom. The maximum Gasteiger partial charge on any atom is 0.341 e. The van der Waals surface area contributed by atoms with Gasteiger partial charge in [-0.1, -0.05) is 12.1 Å². The first kappa shape index (κ1) is 19.3. The van der Waals surface area contributed by atoms with Crippen LogP contribution in [0, 0.1) is 0 Å². The largest absolute Gasteiger partial charge is 0.462 e. The van der Waals surface area contributed by atoms with Crippen LogP contribution in [-0.2, 0) is 22.4 Å². The molecule has 0 saturated carbocycles. The third-order valence-corrected chi connectivity index (χ3v) is 6.44. The Labute approximate surface area is 171 Å². The third-order valence-electron chi connectivity index (χ3n) is 5.23. The standard InChI is InChI=1S/C21H20N2O5S/c1-3-28-21(27)16-14-9-6-10-15(14)29-18(16)22-17(24)11(2)23-19(25)12-7-4-5-8-13(12)20(23)26/h4-5,7-8,11H,3,6,9-10H2,1-2H3,(H,22,24)/t11-/m0/s1. The average molecular weight is 412 g/mol. The third kappa shape index (κ3) is 3.13. The van der Waals surface area contributed by atoms with Crippen LogP contribution in [0.3, 0.4) is 0 Å². The first-order valence-electron chi connectivity index (χ1n) is 9.53. The molecule has 2 aliphatic rings. The number of carbonyl (C=O) groups excluding carboxylic acids is 4. The van der Waals surface area contributed by atoms with Gasteiger partial charge >= 0.3 is 5.97 Å².